The SMILES string of the molecule is N#[N+]N=C1C(=NN=N)C=C([N+](=O)[O-])C([N+](=O)[O-])=C1[N+](=O)[O-]. The van der Waals surface area contributed by atoms with Crippen LogP contribution in [0.25, 0.3) is 5.08 Å². The highest BCUT2D eigenvalue weighted by atomic mass is 16.6. The molecule has 0 aliphatic heterocycles. The summed E-state index contributed by atoms with van der Waals surface area (Å²) in [6, 6.07) is 0. The second kappa shape index (κ2) is 5.79. The van der Waals surface area contributed by atoms with Gasteiger partial charge in [0.15, 0.2) is 5.10 Å². The van der Waals surface area contributed by atoms with Crippen LogP contribution in [0.3, 0.4) is 0 Å². The Hall–Kier alpha value is -3.96. The van der Waals surface area contributed by atoms with Crippen molar-refractivity contribution in [2.45, 2.75) is 0 Å². The van der Waals surface area contributed by atoms with Gasteiger partial charge in [0.05, 0.1) is 20.8 Å². The minimum absolute atomic E-state index is 0.452. The lowest BCUT2D eigenvalue weighted by atomic mass is 10.0. The lowest BCUT2D eigenvalue weighted by molar-refractivity contribution is -0.497. The molecule has 1 rings (SSSR count). The van der Waals surface area contributed by atoms with Crippen LogP contribution in [-0.2, 0) is 0 Å². The van der Waals surface area contributed by atoms with E-state index >= 15 is 0 Å². The Bertz CT molecular complexity index is 722. The van der Waals surface area contributed by atoms with Gasteiger partial charge >= 0.3 is 22.2 Å². The van der Waals surface area contributed by atoms with Gasteiger partial charge < -0.3 is 0 Å². The van der Waals surface area contributed by atoms with Gasteiger partial charge in [-0.25, -0.2) is 0 Å². The van der Waals surface area contributed by atoms with E-state index < -0.39 is 43.3 Å². The third-order valence-corrected chi connectivity index (χ3v) is 2.07. The Morgan fingerprint density at radius 2 is 1.67 bits per heavy atom. The molecule has 0 saturated carbocycles. The molecule has 0 spiro atoms. The number of hydrogen-bond acceptors (Lipinski definition) is 10. The number of nitrogens with zero attached hydrogens (tertiary/aromatic N) is 8. The zero-order valence-corrected chi connectivity index (χ0v) is 9.60. The zero-order chi connectivity index (χ0) is 16.2. The highest BCUT2D eigenvalue weighted by Crippen LogP contribution is 2.24. The summed E-state index contributed by atoms with van der Waals surface area (Å²) in [5.41, 5.74) is 0.734. The summed E-state index contributed by atoms with van der Waals surface area (Å²) in [4.78, 5) is 28.6. The molecule has 0 amide bonds. The van der Waals surface area contributed by atoms with E-state index in [0.29, 0.717) is 6.08 Å². The molecular formula is C6H2N9O6+. The van der Waals surface area contributed by atoms with E-state index in [9.17, 15) is 30.3 Å². The van der Waals surface area contributed by atoms with Crippen molar-refractivity contribution in [1.29, 1.82) is 10.9 Å². The van der Waals surface area contributed by atoms with E-state index in [0.717, 1.165) is 0 Å². The van der Waals surface area contributed by atoms with Crippen molar-refractivity contribution in [2.75, 3.05) is 0 Å². The Kier molecular flexibility index (Phi) is 4.16. The van der Waals surface area contributed by atoms with Crippen LogP contribution in [0.5, 0.6) is 0 Å². The fourth-order valence-electron chi connectivity index (χ4n) is 1.39. The molecule has 21 heavy (non-hydrogen) atoms. The van der Waals surface area contributed by atoms with Crippen molar-refractivity contribution in [3.63, 3.8) is 0 Å². The summed E-state index contributed by atoms with van der Waals surface area (Å²) in [5.74, 6) is 0. The summed E-state index contributed by atoms with van der Waals surface area (Å²) < 4.78 is 0. The quantitative estimate of drug-likeness (QED) is 0.254. The standard InChI is InChI=1S/C6H2N9O6/c7-11-9-2-1-3(13(16)17)5(14(18)19)6(15(20)21)4(2)10-12-8/h1,7H/q+1. The molecule has 1 aliphatic rings. The average Bonchev–Trinajstić information content (AvgIpc) is 2.39. The van der Waals surface area contributed by atoms with Crippen LogP contribution in [0.15, 0.2) is 38.6 Å². The van der Waals surface area contributed by atoms with E-state index in [-0.39, 0.29) is 0 Å². The number of hydrogen-bond donors (Lipinski definition) is 1. The van der Waals surface area contributed by atoms with Gasteiger partial charge in [0, 0.05) is 0 Å². The van der Waals surface area contributed by atoms with Crippen molar-refractivity contribution in [3.05, 3.63) is 58.6 Å². The minimum atomic E-state index is -1.46. The molecule has 1 aliphatic carbocycles. The van der Waals surface area contributed by atoms with Gasteiger partial charge in [0.2, 0.25) is 0 Å². The largest absolute Gasteiger partial charge is 0.425 e. The molecule has 15 nitrogen and oxygen atoms in total. The van der Waals surface area contributed by atoms with Crippen molar-refractivity contribution in [2.24, 2.45) is 15.4 Å². The molecule has 0 fully saturated rings. The lowest BCUT2D eigenvalue weighted by Crippen LogP contribution is -2.30. The molecule has 0 saturated heterocycles. The fourth-order valence-corrected chi connectivity index (χ4v) is 1.39. The first-order valence-corrected chi connectivity index (χ1v) is 4.61. The molecule has 0 aromatic heterocycles. The molecule has 0 bridgehead atoms. The maximum absolute atomic E-state index is 10.9. The Labute approximate surface area is 112 Å². The maximum Gasteiger partial charge on any atom is 0.425 e. The van der Waals surface area contributed by atoms with Crippen LogP contribution in [0.4, 0.5) is 0 Å². The van der Waals surface area contributed by atoms with Crippen LogP contribution in [-0.4, -0.2) is 26.2 Å². The topological polar surface area (TPSA) is 218 Å². The second-order valence-corrected chi connectivity index (χ2v) is 3.12. The first kappa shape index (κ1) is 15.1. The van der Waals surface area contributed by atoms with E-state index in [1.807, 2.05) is 0 Å². The first-order chi connectivity index (χ1) is 9.84. The fraction of sp³-hybridized carbons (Fsp3) is 0. The number of nitrogens with one attached hydrogen (secondary N) is 1. The zero-order valence-electron chi connectivity index (χ0n) is 9.60. The smallest absolute Gasteiger partial charge is 0.258 e. The van der Waals surface area contributed by atoms with Gasteiger partial charge in [-0.2, -0.15) is 5.53 Å². The van der Waals surface area contributed by atoms with E-state index in [1.54, 1.807) is 0 Å². The summed E-state index contributed by atoms with van der Waals surface area (Å²) in [5, 5.41) is 51.5. The third kappa shape index (κ3) is 2.73. The van der Waals surface area contributed by atoms with E-state index in [1.165, 1.54) is 0 Å². The molecule has 0 aromatic rings. The van der Waals surface area contributed by atoms with Crippen molar-refractivity contribution in [1.82, 2.24) is 0 Å². The lowest BCUT2D eigenvalue weighted by Gasteiger charge is -2.04. The van der Waals surface area contributed by atoms with Gasteiger partial charge in [-0.3, -0.25) is 30.3 Å². The summed E-state index contributed by atoms with van der Waals surface area (Å²) in [6.07, 6.45) is 0.452. The molecule has 1 N–H and O–H groups in total. The van der Waals surface area contributed by atoms with Crippen LogP contribution in [0, 0.1) is 41.3 Å². The minimum Gasteiger partial charge on any atom is -0.258 e. The number of diazo groups is 1. The second-order valence-electron chi connectivity index (χ2n) is 3.12. The predicted molar refractivity (Wildman–Crippen MR) is 61.2 cm³/mol. The van der Waals surface area contributed by atoms with Crippen molar-refractivity contribution in [3.8, 4) is 0 Å². The molecule has 0 atom stereocenters. The van der Waals surface area contributed by atoms with Crippen molar-refractivity contribution < 1.29 is 14.8 Å². The van der Waals surface area contributed by atoms with Crippen molar-refractivity contribution >= 4 is 11.4 Å². The van der Waals surface area contributed by atoms with Crippen LogP contribution >= 0.6 is 0 Å². The Balaban J connectivity index is 3.88. The van der Waals surface area contributed by atoms with Crippen LogP contribution in [0.1, 0.15) is 0 Å². The molecule has 106 valence electrons. The normalized spacial score (nSPS) is 18.1. The van der Waals surface area contributed by atoms with E-state index in [2.05, 4.69) is 20.5 Å². The summed E-state index contributed by atoms with van der Waals surface area (Å²) in [6.45, 7) is 0. The highest BCUT2D eigenvalue weighted by Gasteiger charge is 2.50. The van der Waals surface area contributed by atoms with Crippen LogP contribution < -0.4 is 0 Å². The maximum atomic E-state index is 10.9. The Morgan fingerprint density at radius 3 is 2.05 bits per heavy atom. The molecule has 15 heteroatoms. The summed E-state index contributed by atoms with van der Waals surface area (Å²) in [7, 11) is 0. The first-order valence-electron chi connectivity index (χ1n) is 4.61. The number of nitro groups is 3. The van der Waals surface area contributed by atoms with Gasteiger partial charge in [-0.1, -0.05) is 5.22 Å². The predicted octanol–water partition coefficient (Wildman–Crippen LogP) is 0.522. The molecule has 0 radical (unpaired) electrons. The van der Waals surface area contributed by atoms with Gasteiger partial charge in [0.1, 0.15) is 5.71 Å². The monoisotopic (exact) mass is 296 g/mol. The summed E-state index contributed by atoms with van der Waals surface area (Å²) >= 11 is 0. The Morgan fingerprint density at radius 1 is 1.10 bits per heavy atom. The van der Waals surface area contributed by atoms with Gasteiger partial charge in [-0.15, -0.1) is 5.10 Å². The number of allylic oxidation sites excluding steroid dienone is 2. The average molecular weight is 296 g/mol. The third-order valence-electron chi connectivity index (χ3n) is 2.07. The molecule has 0 aromatic carbocycles. The van der Waals surface area contributed by atoms with Gasteiger partial charge in [0.25, 0.3) is 11.1 Å². The molecule has 0 unspecified atom stereocenters. The number of rotatable bonds is 4. The molecular weight excluding hydrogens is 294 g/mol. The van der Waals surface area contributed by atoms with Crippen LogP contribution in [0.2, 0.25) is 0 Å². The van der Waals surface area contributed by atoms with Gasteiger partial charge in [-0.05, 0) is 0 Å². The highest BCUT2D eigenvalue weighted by molar-refractivity contribution is 6.52. The van der Waals surface area contributed by atoms with E-state index in [4.69, 9.17) is 10.9 Å². The molecule has 0 heterocycles.